The first-order valence-electron chi connectivity index (χ1n) is 8.10. The summed E-state index contributed by atoms with van der Waals surface area (Å²) in [7, 11) is 0. The van der Waals surface area contributed by atoms with E-state index in [2.05, 4.69) is 12.2 Å². The van der Waals surface area contributed by atoms with Crippen LogP contribution >= 0.6 is 0 Å². The Labute approximate surface area is 118 Å². The maximum absolute atomic E-state index is 11.7. The summed E-state index contributed by atoms with van der Waals surface area (Å²) >= 11 is 0. The van der Waals surface area contributed by atoms with Crippen molar-refractivity contribution in [1.29, 1.82) is 0 Å². The molecule has 3 nitrogen and oxygen atoms in total. The van der Waals surface area contributed by atoms with Gasteiger partial charge in [0, 0.05) is 19.6 Å². The van der Waals surface area contributed by atoms with Crippen molar-refractivity contribution in [3.8, 4) is 0 Å². The standard InChI is InChI=1S/C16H31NO2/c1-2-3-4-5-6-7-8-9-15(19)17-14-16(10-11-16)12-13-18/h18H,2-14H2,1H3,(H,17,19). The minimum atomic E-state index is 0.192. The highest BCUT2D eigenvalue weighted by molar-refractivity contribution is 5.75. The molecule has 1 rings (SSSR count). The average molecular weight is 269 g/mol. The molecule has 0 heterocycles. The van der Waals surface area contributed by atoms with E-state index in [0.29, 0.717) is 6.42 Å². The Morgan fingerprint density at radius 2 is 1.74 bits per heavy atom. The number of amides is 1. The molecule has 1 fully saturated rings. The first kappa shape index (κ1) is 16.5. The molecule has 0 radical (unpaired) electrons. The number of carbonyl (C=O) groups is 1. The third-order valence-corrected chi connectivity index (χ3v) is 4.27. The van der Waals surface area contributed by atoms with Crippen LogP contribution in [0.15, 0.2) is 0 Å². The molecule has 19 heavy (non-hydrogen) atoms. The van der Waals surface area contributed by atoms with E-state index in [-0.39, 0.29) is 17.9 Å². The molecule has 0 aromatic carbocycles. The molecule has 1 amide bonds. The predicted molar refractivity (Wildman–Crippen MR) is 79.0 cm³/mol. The summed E-state index contributed by atoms with van der Waals surface area (Å²) in [6, 6.07) is 0. The van der Waals surface area contributed by atoms with Crippen molar-refractivity contribution >= 4 is 5.91 Å². The molecule has 1 saturated carbocycles. The summed E-state index contributed by atoms with van der Waals surface area (Å²) in [4.78, 5) is 11.7. The van der Waals surface area contributed by atoms with Gasteiger partial charge in [-0.3, -0.25) is 4.79 Å². The number of nitrogens with one attached hydrogen (secondary N) is 1. The fourth-order valence-corrected chi connectivity index (χ4v) is 2.55. The molecule has 1 aliphatic carbocycles. The van der Waals surface area contributed by atoms with E-state index in [9.17, 15) is 4.79 Å². The molecular weight excluding hydrogens is 238 g/mol. The van der Waals surface area contributed by atoms with Gasteiger partial charge in [0.15, 0.2) is 0 Å². The third-order valence-electron chi connectivity index (χ3n) is 4.27. The number of rotatable bonds is 12. The molecule has 112 valence electrons. The van der Waals surface area contributed by atoms with Crippen molar-refractivity contribution in [2.75, 3.05) is 13.2 Å². The largest absolute Gasteiger partial charge is 0.396 e. The lowest BCUT2D eigenvalue weighted by Gasteiger charge is -2.14. The Bertz CT molecular complexity index is 249. The second-order valence-corrected chi connectivity index (χ2v) is 6.12. The van der Waals surface area contributed by atoms with E-state index in [1.54, 1.807) is 0 Å². The first-order valence-corrected chi connectivity index (χ1v) is 8.10. The monoisotopic (exact) mass is 269 g/mol. The summed E-state index contributed by atoms with van der Waals surface area (Å²) < 4.78 is 0. The summed E-state index contributed by atoms with van der Waals surface area (Å²) in [6.07, 6.45) is 12.6. The number of hydrogen-bond acceptors (Lipinski definition) is 2. The Kier molecular flexibility index (Phi) is 8.11. The normalized spacial score (nSPS) is 16.3. The lowest BCUT2D eigenvalue weighted by atomic mass is 10.0. The molecule has 0 saturated heterocycles. The van der Waals surface area contributed by atoms with Crippen LogP contribution in [0.1, 0.15) is 77.6 Å². The van der Waals surface area contributed by atoms with E-state index in [4.69, 9.17) is 5.11 Å². The minimum Gasteiger partial charge on any atom is -0.396 e. The zero-order valence-corrected chi connectivity index (χ0v) is 12.5. The minimum absolute atomic E-state index is 0.192. The fraction of sp³-hybridized carbons (Fsp3) is 0.938. The van der Waals surface area contributed by atoms with Crippen molar-refractivity contribution in [3.63, 3.8) is 0 Å². The van der Waals surface area contributed by atoms with Gasteiger partial charge in [-0.15, -0.1) is 0 Å². The van der Waals surface area contributed by atoms with Crippen LogP contribution in [0.4, 0.5) is 0 Å². The highest BCUT2D eigenvalue weighted by atomic mass is 16.3. The van der Waals surface area contributed by atoms with Gasteiger partial charge in [0.25, 0.3) is 0 Å². The van der Waals surface area contributed by atoms with Crippen molar-refractivity contribution in [1.82, 2.24) is 5.32 Å². The number of unbranched alkanes of at least 4 members (excludes halogenated alkanes) is 6. The van der Waals surface area contributed by atoms with E-state index >= 15 is 0 Å². The Morgan fingerprint density at radius 1 is 1.11 bits per heavy atom. The second-order valence-electron chi connectivity index (χ2n) is 6.12. The van der Waals surface area contributed by atoms with Crippen LogP contribution < -0.4 is 5.32 Å². The van der Waals surface area contributed by atoms with Crippen molar-refractivity contribution < 1.29 is 9.90 Å². The van der Waals surface area contributed by atoms with Crippen LogP contribution in [0.25, 0.3) is 0 Å². The SMILES string of the molecule is CCCCCCCCCC(=O)NCC1(CCO)CC1. The smallest absolute Gasteiger partial charge is 0.220 e. The van der Waals surface area contributed by atoms with Gasteiger partial charge in [0.1, 0.15) is 0 Å². The summed E-state index contributed by atoms with van der Waals surface area (Å²) in [5.41, 5.74) is 0.241. The van der Waals surface area contributed by atoms with Crippen LogP contribution in [0.3, 0.4) is 0 Å². The number of carbonyl (C=O) groups excluding carboxylic acids is 1. The molecule has 0 aliphatic heterocycles. The van der Waals surface area contributed by atoms with Crippen LogP contribution in [0.5, 0.6) is 0 Å². The van der Waals surface area contributed by atoms with Crippen LogP contribution in [-0.4, -0.2) is 24.2 Å². The van der Waals surface area contributed by atoms with Gasteiger partial charge >= 0.3 is 0 Å². The Balaban J connectivity index is 1.91. The molecule has 0 aromatic heterocycles. The Morgan fingerprint density at radius 3 is 2.32 bits per heavy atom. The molecule has 1 aliphatic rings. The molecule has 0 aromatic rings. The first-order chi connectivity index (χ1) is 9.22. The second kappa shape index (κ2) is 9.35. The highest BCUT2D eigenvalue weighted by Crippen LogP contribution is 2.47. The topological polar surface area (TPSA) is 49.3 Å². The highest BCUT2D eigenvalue weighted by Gasteiger charge is 2.41. The summed E-state index contributed by atoms with van der Waals surface area (Å²) in [5, 5.41) is 12.0. The maximum atomic E-state index is 11.7. The summed E-state index contributed by atoms with van der Waals surface area (Å²) in [5.74, 6) is 0.192. The van der Waals surface area contributed by atoms with Gasteiger partial charge in [-0.05, 0) is 31.1 Å². The number of aliphatic hydroxyl groups excluding tert-OH is 1. The van der Waals surface area contributed by atoms with Crippen LogP contribution in [0.2, 0.25) is 0 Å². The molecule has 0 bridgehead atoms. The Hall–Kier alpha value is -0.570. The number of aliphatic hydroxyl groups is 1. The molecule has 3 heteroatoms. The van der Waals surface area contributed by atoms with E-state index in [1.165, 1.54) is 38.5 Å². The van der Waals surface area contributed by atoms with E-state index in [1.807, 2.05) is 0 Å². The lowest BCUT2D eigenvalue weighted by Crippen LogP contribution is -2.30. The van der Waals surface area contributed by atoms with Crippen LogP contribution in [-0.2, 0) is 4.79 Å². The average Bonchev–Trinajstić information content (AvgIpc) is 3.16. The van der Waals surface area contributed by atoms with Gasteiger partial charge in [-0.25, -0.2) is 0 Å². The van der Waals surface area contributed by atoms with Gasteiger partial charge in [0.05, 0.1) is 0 Å². The van der Waals surface area contributed by atoms with Crippen molar-refractivity contribution in [2.45, 2.75) is 77.6 Å². The number of hydrogen-bond donors (Lipinski definition) is 2. The lowest BCUT2D eigenvalue weighted by molar-refractivity contribution is -0.121. The van der Waals surface area contributed by atoms with Crippen molar-refractivity contribution in [3.05, 3.63) is 0 Å². The zero-order chi connectivity index (χ0) is 14.0. The molecule has 0 unspecified atom stereocenters. The van der Waals surface area contributed by atoms with Crippen molar-refractivity contribution in [2.24, 2.45) is 5.41 Å². The van der Waals surface area contributed by atoms with E-state index in [0.717, 1.165) is 32.2 Å². The summed E-state index contributed by atoms with van der Waals surface area (Å²) in [6.45, 7) is 3.24. The van der Waals surface area contributed by atoms with Gasteiger partial charge in [0.2, 0.25) is 5.91 Å². The fourth-order valence-electron chi connectivity index (χ4n) is 2.55. The molecular formula is C16H31NO2. The zero-order valence-electron chi connectivity index (χ0n) is 12.5. The molecule has 0 spiro atoms. The van der Waals surface area contributed by atoms with Gasteiger partial charge in [-0.1, -0.05) is 45.4 Å². The van der Waals surface area contributed by atoms with Gasteiger partial charge < -0.3 is 10.4 Å². The van der Waals surface area contributed by atoms with Gasteiger partial charge in [-0.2, -0.15) is 0 Å². The van der Waals surface area contributed by atoms with E-state index < -0.39 is 0 Å². The third kappa shape index (κ3) is 7.56. The molecule has 2 N–H and O–H groups in total. The van der Waals surface area contributed by atoms with Crippen LogP contribution in [0, 0.1) is 5.41 Å². The quantitative estimate of drug-likeness (QED) is 0.533. The molecule has 0 atom stereocenters. The predicted octanol–water partition coefficient (Wildman–Crippen LogP) is 3.41. The maximum Gasteiger partial charge on any atom is 0.220 e.